The summed E-state index contributed by atoms with van der Waals surface area (Å²) < 4.78 is 0. The van der Waals surface area contributed by atoms with Gasteiger partial charge in [-0.1, -0.05) is 30.0 Å². The van der Waals surface area contributed by atoms with E-state index in [0.717, 1.165) is 10.9 Å². The molecule has 1 atom stereocenters. The number of H-pyrrole nitrogens is 1. The molecule has 29 heavy (non-hydrogen) atoms. The molecule has 0 bridgehead atoms. The van der Waals surface area contributed by atoms with Crippen LogP contribution in [0.2, 0.25) is 0 Å². The van der Waals surface area contributed by atoms with Crippen molar-refractivity contribution < 1.29 is 9.59 Å². The van der Waals surface area contributed by atoms with Crippen molar-refractivity contribution in [3.8, 4) is 0 Å². The van der Waals surface area contributed by atoms with E-state index in [0.29, 0.717) is 27.7 Å². The standard InChI is InChI=1S/C20H18N6O2S/c1-11(19(28)22-14-9-7-13(8-10-14)21-12(2)27)29-20-24-18-17(25-26-20)15-5-3-4-6-16(15)23-18/h3-11H,1-2H3,(H,21,27)(H,22,28)(H,23,24,26)/t11-/m1/s1. The minimum atomic E-state index is -0.423. The molecule has 0 unspecified atom stereocenters. The monoisotopic (exact) mass is 406 g/mol. The van der Waals surface area contributed by atoms with Gasteiger partial charge in [0, 0.05) is 29.2 Å². The fraction of sp³-hybridized carbons (Fsp3) is 0.150. The molecule has 0 aliphatic carbocycles. The van der Waals surface area contributed by atoms with Crippen molar-refractivity contribution in [2.24, 2.45) is 0 Å². The van der Waals surface area contributed by atoms with Crippen LogP contribution in [0.4, 0.5) is 11.4 Å². The number of hydrogen-bond acceptors (Lipinski definition) is 6. The third-order valence-corrected chi connectivity index (χ3v) is 5.18. The zero-order valence-corrected chi connectivity index (χ0v) is 16.6. The fourth-order valence-electron chi connectivity index (χ4n) is 2.85. The molecule has 3 N–H and O–H groups in total. The van der Waals surface area contributed by atoms with Crippen molar-refractivity contribution in [1.82, 2.24) is 20.2 Å². The number of hydrogen-bond donors (Lipinski definition) is 3. The van der Waals surface area contributed by atoms with Crippen molar-refractivity contribution >= 4 is 57.0 Å². The normalized spacial score (nSPS) is 12.1. The number of benzene rings is 2. The number of fused-ring (bicyclic) bond motifs is 3. The van der Waals surface area contributed by atoms with E-state index in [2.05, 4.69) is 30.8 Å². The topological polar surface area (TPSA) is 113 Å². The van der Waals surface area contributed by atoms with E-state index in [1.807, 2.05) is 24.3 Å². The molecule has 2 amide bonds. The molecule has 146 valence electrons. The van der Waals surface area contributed by atoms with Gasteiger partial charge in [0.2, 0.25) is 17.0 Å². The van der Waals surface area contributed by atoms with Crippen molar-refractivity contribution in [2.45, 2.75) is 24.3 Å². The molecule has 0 spiro atoms. The Hall–Kier alpha value is -3.46. The number of aromatic amines is 1. The Kier molecular flexibility index (Phi) is 5.13. The Labute approximate surface area is 170 Å². The van der Waals surface area contributed by atoms with E-state index < -0.39 is 5.25 Å². The molecule has 2 aromatic carbocycles. The second-order valence-corrected chi connectivity index (χ2v) is 7.78. The molecule has 8 nitrogen and oxygen atoms in total. The number of nitrogens with one attached hydrogen (secondary N) is 3. The maximum Gasteiger partial charge on any atom is 0.237 e. The van der Waals surface area contributed by atoms with Gasteiger partial charge in [-0.05, 0) is 37.3 Å². The number of rotatable bonds is 5. The van der Waals surface area contributed by atoms with Gasteiger partial charge >= 0.3 is 0 Å². The highest BCUT2D eigenvalue weighted by Crippen LogP contribution is 2.25. The van der Waals surface area contributed by atoms with Gasteiger partial charge in [-0.15, -0.1) is 10.2 Å². The zero-order chi connectivity index (χ0) is 20.4. The lowest BCUT2D eigenvalue weighted by atomic mass is 10.2. The number of nitrogens with zero attached hydrogens (tertiary/aromatic N) is 3. The Bertz CT molecular complexity index is 1200. The molecule has 0 radical (unpaired) electrons. The first-order valence-electron chi connectivity index (χ1n) is 8.96. The van der Waals surface area contributed by atoms with Gasteiger partial charge in [-0.25, -0.2) is 4.98 Å². The number of amides is 2. The van der Waals surface area contributed by atoms with E-state index in [1.165, 1.54) is 18.7 Å². The van der Waals surface area contributed by atoms with Crippen LogP contribution in [-0.2, 0) is 9.59 Å². The predicted molar refractivity (Wildman–Crippen MR) is 114 cm³/mol. The summed E-state index contributed by atoms with van der Waals surface area (Å²) in [6.07, 6.45) is 0. The summed E-state index contributed by atoms with van der Waals surface area (Å²) in [5.41, 5.74) is 3.61. The first kappa shape index (κ1) is 18.9. The number of anilines is 2. The number of para-hydroxylation sites is 1. The van der Waals surface area contributed by atoms with Gasteiger partial charge in [-0.3, -0.25) is 9.59 Å². The van der Waals surface area contributed by atoms with E-state index in [9.17, 15) is 9.59 Å². The average molecular weight is 406 g/mol. The fourth-order valence-corrected chi connectivity index (χ4v) is 3.57. The van der Waals surface area contributed by atoms with Crippen LogP contribution in [0, 0.1) is 0 Å². The Balaban J connectivity index is 1.44. The van der Waals surface area contributed by atoms with Gasteiger partial charge in [0.25, 0.3) is 0 Å². The van der Waals surface area contributed by atoms with Crippen molar-refractivity contribution in [3.63, 3.8) is 0 Å². The van der Waals surface area contributed by atoms with Gasteiger partial charge in [0.05, 0.1) is 5.25 Å². The highest BCUT2D eigenvalue weighted by Gasteiger charge is 2.18. The number of carbonyl (C=O) groups is 2. The minimum Gasteiger partial charge on any atom is -0.338 e. The largest absolute Gasteiger partial charge is 0.338 e. The maximum absolute atomic E-state index is 12.5. The SMILES string of the molecule is CC(=O)Nc1ccc(NC(=O)[C@@H](C)Sc2nnc3c(n2)[nH]c2ccccc23)cc1. The molecule has 4 rings (SSSR count). The number of aromatic nitrogens is 4. The van der Waals surface area contributed by atoms with Crippen LogP contribution in [0.15, 0.2) is 53.7 Å². The van der Waals surface area contributed by atoms with Crippen LogP contribution in [0.1, 0.15) is 13.8 Å². The lowest BCUT2D eigenvalue weighted by Gasteiger charge is -2.11. The van der Waals surface area contributed by atoms with Crippen LogP contribution < -0.4 is 10.6 Å². The van der Waals surface area contributed by atoms with E-state index in [1.54, 1.807) is 31.2 Å². The summed E-state index contributed by atoms with van der Waals surface area (Å²) >= 11 is 1.23. The second-order valence-electron chi connectivity index (χ2n) is 6.47. The minimum absolute atomic E-state index is 0.146. The average Bonchev–Trinajstić information content (AvgIpc) is 3.06. The molecule has 0 saturated heterocycles. The van der Waals surface area contributed by atoms with Gasteiger partial charge in [0.15, 0.2) is 5.65 Å². The van der Waals surface area contributed by atoms with Crippen LogP contribution in [-0.4, -0.2) is 37.2 Å². The Morgan fingerprint density at radius 2 is 1.69 bits per heavy atom. The molecule has 0 aliphatic heterocycles. The Morgan fingerprint density at radius 1 is 1.00 bits per heavy atom. The smallest absolute Gasteiger partial charge is 0.237 e. The molecule has 0 aliphatic rings. The van der Waals surface area contributed by atoms with Crippen molar-refractivity contribution in [2.75, 3.05) is 10.6 Å². The van der Waals surface area contributed by atoms with Crippen LogP contribution in [0.25, 0.3) is 22.1 Å². The summed E-state index contributed by atoms with van der Waals surface area (Å²) in [5, 5.41) is 14.9. The Morgan fingerprint density at radius 3 is 2.41 bits per heavy atom. The summed E-state index contributed by atoms with van der Waals surface area (Å²) in [5.74, 6) is -0.324. The van der Waals surface area contributed by atoms with Crippen LogP contribution in [0.3, 0.4) is 0 Å². The van der Waals surface area contributed by atoms with Gasteiger partial charge < -0.3 is 15.6 Å². The molecular weight excluding hydrogens is 388 g/mol. The van der Waals surface area contributed by atoms with Crippen molar-refractivity contribution in [3.05, 3.63) is 48.5 Å². The first-order valence-corrected chi connectivity index (χ1v) is 9.84. The molecule has 0 saturated carbocycles. The molecule has 4 aromatic rings. The summed E-state index contributed by atoms with van der Waals surface area (Å²) in [4.78, 5) is 31.3. The highest BCUT2D eigenvalue weighted by molar-refractivity contribution is 8.00. The quantitative estimate of drug-likeness (QED) is 0.437. The zero-order valence-electron chi connectivity index (χ0n) is 15.8. The lowest BCUT2D eigenvalue weighted by molar-refractivity contribution is -0.115. The van der Waals surface area contributed by atoms with Crippen molar-refractivity contribution in [1.29, 1.82) is 0 Å². The maximum atomic E-state index is 12.5. The van der Waals surface area contributed by atoms with Gasteiger partial charge in [-0.2, -0.15) is 0 Å². The van der Waals surface area contributed by atoms with Crippen LogP contribution in [0.5, 0.6) is 0 Å². The molecule has 2 aromatic heterocycles. The lowest BCUT2D eigenvalue weighted by Crippen LogP contribution is -2.22. The highest BCUT2D eigenvalue weighted by atomic mass is 32.2. The van der Waals surface area contributed by atoms with Crippen LogP contribution >= 0.6 is 11.8 Å². The number of thioether (sulfide) groups is 1. The predicted octanol–water partition coefficient (Wildman–Crippen LogP) is 3.58. The first-order chi connectivity index (χ1) is 14.0. The number of carbonyl (C=O) groups excluding carboxylic acids is 2. The molecule has 2 heterocycles. The van der Waals surface area contributed by atoms with Gasteiger partial charge in [0.1, 0.15) is 5.52 Å². The summed E-state index contributed by atoms with van der Waals surface area (Å²) in [7, 11) is 0. The molecule has 0 fully saturated rings. The van der Waals surface area contributed by atoms with E-state index in [-0.39, 0.29) is 11.8 Å². The second kappa shape index (κ2) is 7.88. The van der Waals surface area contributed by atoms with E-state index in [4.69, 9.17) is 0 Å². The molecular formula is C20H18N6O2S. The molecule has 9 heteroatoms. The summed E-state index contributed by atoms with van der Waals surface area (Å²) in [6, 6.07) is 14.7. The van der Waals surface area contributed by atoms with E-state index >= 15 is 0 Å². The third-order valence-electron chi connectivity index (χ3n) is 4.23. The summed E-state index contributed by atoms with van der Waals surface area (Å²) in [6.45, 7) is 3.23. The third kappa shape index (κ3) is 4.19.